The smallest absolute Gasteiger partial charge is 0.305 e. The van der Waals surface area contributed by atoms with Crippen molar-refractivity contribution < 1.29 is 24.5 Å². The number of nitrogens with one attached hydrogen (secondary N) is 1. The molecule has 1 amide bonds. The number of carbonyl (C=O) groups is 2. The van der Waals surface area contributed by atoms with E-state index in [4.69, 9.17) is 4.74 Å². The van der Waals surface area contributed by atoms with E-state index >= 15 is 0 Å². The minimum absolute atomic E-state index is 0.000751. The number of amides is 1. The summed E-state index contributed by atoms with van der Waals surface area (Å²) in [6.07, 6.45) is 71.8. The zero-order chi connectivity index (χ0) is 49.3. The van der Waals surface area contributed by atoms with Gasteiger partial charge in [0.1, 0.15) is 0 Å². The fourth-order valence-corrected chi connectivity index (χ4v) is 9.25. The molecule has 6 nitrogen and oxygen atoms in total. The second-order valence-corrected chi connectivity index (χ2v) is 20.7. The lowest BCUT2D eigenvalue weighted by molar-refractivity contribution is -0.143. The van der Waals surface area contributed by atoms with Crippen LogP contribution in [0.5, 0.6) is 0 Å². The molecule has 3 N–H and O–H groups in total. The Morgan fingerprint density at radius 2 is 0.735 bits per heavy atom. The van der Waals surface area contributed by atoms with Crippen LogP contribution in [0, 0.1) is 0 Å². The number of esters is 1. The second kappa shape index (κ2) is 57.7. The fraction of sp³-hybridized carbons (Fsp3) is 0.871. The van der Waals surface area contributed by atoms with E-state index in [0.29, 0.717) is 19.4 Å². The molecule has 0 saturated heterocycles. The van der Waals surface area contributed by atoms with Crippen molar-refractivity contribution in [1.82, 2.24) is 5.32 Å². The van der Waals surface area contributed by atoms with E-state index in [-0.39, 0.29) is 18.5 Å². The molecule has 6 heteroatoms. The van der Waals surface area contributed by atoms with Gasteiger partial charge in [-0.15, -0.1) is 0 Å². The molecule has 0 spiro atoms. The third-order valence-electron chi connectivity index (χ3n) is 13.9. The van der Waals surface area contributed by atoms with Crippen molar-refractivity contribution in [2.45, 2.75) is 334 Å². The maximum absolute atomic E-state index is 12.4. The zero-order valence-electron chi connectivity index (χ0n) is 45.6. The largest absolute Gasteiger partial charge is 0.466 e. The van der Waals surface area contributed by atoms with Gasteiger partial charge in [0.05, 0.1) is 25.4 Å². The molecule has 400 valence electrons. The van der Waals surface area contributed by atoms with Crippen LogP contribution in [-0.2, 0) is 14.3 Å². The topological polar surface area (TPSA) is 95.9 Å². The van der Waals surface area contributed by atoms with Gasteiger partial charge in [-0.2, -0.15) is 0 Å². The van der Waals surface area contributed by atoms with Gasteiger partial charge in [-0.05, 0) is 64.2 Å². The molecule has 2 atom stereocenters. The van der Waals surface area contributed by atoms with E-state index in [1.54, 1.807) is 6.08 Å². The predicted molar refractivity (Wildman–Crippen MR) is 296 cm³/mol. The van der Waals surface area contributed by atoms with Crippen molar-refractivity contribution in [2.75, 3.05) is 13.2 Å². The van der Waals surface area contributed by atoms with Gasteiger partial charge in [0.15, 0.2) is 0 Å². The number of rotatable bonds is 56. The first-order valence-electron chi connectivity index (χ1n) is 30.3. The van der Waals surface area contributed by atoms with Gasteiger partial charge in [-0.3, -0.25) is 9.59 Å². The van der Waals surface area contributed by atoms with Crippen LogP contribution < -0.4 is 5.32 Å². The molecule has 0 aliphatic rings. The van der Waals surface area contributed by atoms with E-state index in [0.717, 1.165) is 51.4 Å². The molecular formula is C62H117NO5. The molecule has 0 radical (unpaired) electrons. The average Bonchev–Trinajstić information content (AvgIpc) is 3.34. The molecular weight excluding hydrogens is 839 g/mol. The first kappa shape index (κ1) is 66.1. The highest BCUT2D eigenvalue weighted by molar-refractivity contribution is 5.76. The highest BCUT2D eigenvalue weighted by Gasteiger charge is 2.18. The van der Waals surface area contributed by atoms with E-state index in [1.165, 1.54) is 244 Å². The average molecular weight is 957 g/mol. The van der Waals surface area contributed by atoms with Crippen LogP contribution in [0.15, 0.2) is 36.5 Å². The Bertz CT molecular complexity index is 1100. The van der Waals surface area contributed by atoms with Gasteiger partial charge in [0.25, 0.3) is 0 Å². The molecule has 0 aromatic rings. The summed E-state index contributed by atoms with van der Waals surface area (Å²) < 4.78 is 5.48. The lowest BCUT2D eigenvalue weighted by atomic mass is 10.0. The minimum atomic E-state index is -0.842. The number of ether oxygens (including phenoxy) is 1. The van der Waals surface area contributed by atoms with Crippen LogP contribution in [0.4, 0.5) is 0 Å². The van der Waals surface area contributed by atoms with Crippen molar-refractivity contribution in [3.63, 3.8) is 0 Å². The molecule has 2 unspecified atom stereocenters. The number of aliphatic hydroxyl groups excluding tert-OH is 2. The van der Waals surface area contributed by atoms with Gasteiger partial charge < -0.3 is 20.3 Å². The molecule has 0 rings (SSSR count). The Morgan fingerprint density at radius 3 is 1.15 bits per heavy atom. The molecule has 0 aliphatic carbocycles. The summed E-state index contributed by atoms with van der Waals surface area (Å²) in [4.78, 5) is 24.5. The Morgan fingerprint density at radius 1 is 0.412 bits per heavy atom. The number of allylic oxidation sites excluding steroid dienone is 5. The van der Waals surface area contributed by atoms with Crippen molar-refractivity contribution >= 4 is 11.9 Å². The first-order chi connectivity index (χ1) is 33.5. The van der Waals surface area contributed by atoms with E-state index < -0.39 is 12.1 Å². The van der Waals surface area contributed by atoms with E-state index in [1.807, 2.05) is 6.08 Å². The van der Waals surface area contributed by atoms with E-state index in [9.17, 15) is 19.8 Å². The van der Waals surface area contributed by atoms with Gasteiger partial charge >= 0.3 is 5.97 Å². The fourth-order valence-electron chi connectivity index (χ4n) is 9.25. The Kier molecular flexibility index (Phi) is 56.0. The molecule has 0 bridgehead atoms. The maximum atomic E-state index is 12.4. The summed E-state index contributed by atoms with van der Waals surface area (Å²) in [5.74, 6) is -0.0665. The lowest BCUT2D eigenvalue weighted by Crippen LogP contribution is -2.45. The summed E-state index contributed by atoms with van der Waals surface area (Å²) in [7, 11) is 0. The van der Waals surface area contributed by atoms with Crippen LogP contribution in [-0.4, -0.2) is 47.4 Å². The zero-order valence-corrected chi connectivity index (χ0v) is 45.6. The summed E-state index contributed by atoms with van der Waals surface area (Å²) in [5.41, 5.74) is 0. The van der Waals surface area contributed by atoms with Crippen LogP contribution in [0.3, 0.4) is 0 Å². The number of hydrogen-bond acceptors (Lipinski definition) is 5. The maximum Gasteiger partial charge on any atom is 0.305 e. The molecule has 0 fully saturated rings. The summed E-state index contributed by atoms with van der Waals surface area (Å²) in [6.45, 7) is 4.87. The standard InChI is InChI=1S/C62H117NO5/c1-3-5-7-9-11-13-15-17-28-32-36-40-44-48-52-56-62(67)68-57-53-49-45-41-37-33-30-27-25-23-21-19-18-20-22-24-26-29-31-35-39-43-47-51-55-61(66)63-59(58-64)60(65)54-50-46-42-38-34-16-14-12-10-8-6-4-2/h11,13,17,28,50,54,59-60,64-65H,3-10,12,14-16,18-27,29-49,51-53,55-58H2,1-2H3,(H,63,66)/b13-11-,28-17-,54-50+. The number of carbonyl (C=O) groups excluding carboxylic acids is 2. The van der Waals surface area contributed by atoms with Crippen molar-refractivity contribution in [2.24, 2.45) is 0 Å². The SMILES string of the molecule is CCCCC/C=C\C/C=C\CCCCCCCC(=O)OCCCCCCCCCCCCCCCCCCCCCCCCCCC(=O)NC(CO)C(O)/C=C/CCCCCCCCCCCC. The van der Waals surface area contributed by atoms with Gasteiger partial charge in [0.2, 0.25) is 5.91 Å². The number of hydrogen-bond donors (Lipinski definition) is 3. The summed E-state index contributed by atoms with van der Waals surface area (Å²) in [6, 6.07) is -0.626. The van der Waals surface area contributed by atoms with Crippen LogP contribution in [0.25, 0.3) is 0 Å². The Balaban J connectivity index is 3.38. The minimum Gasteiger partial charge on any atom is -0.466 e. The van der Waals surface area contributed by atoms with Crippen molar-refractivity contribution in [3.05, 3.63) is 36.5 Å². The third-order valence-corrected chi connectivity index (χ3v) is 13.9. The molecule has 0 aromatic carbocycles. The van der Waals surface area contributed by atoms with E-state index in [2.05, 4.69) is 43.5 Å². The summed E-state index contributed by atoms with van der Waals surface area (Å²) >= 11 is 0. The second-order valence-electron chi connectivity index (χ2n) is 20.7. The lowest BCUT2D eigenvalue weighted by Gasteiger charge is -2.20. The molecule has 0 aliphatic heterocycles. The third kappa shape index (κ3) is 53.4. The van der Waals surface area contributed by atoms with Crippen LogP contribution in [0.2, 0.25) is 0 Å². The highest BCUT2D eigenvalue weighted by atomic mass is 16.5. The monoisotopic (exact) mass is 956 g/mol. The van der Waals surface area contributed by atoms with Gasteiger partial charge in [-0.25, -0.2) is 0 Å². The van der Waals surface area contributed by atoms with Crippen LogP contribution in [0.1, 0.15) is 322 Å². The quantitative estimate of drug-likeness (QED) is 0.0321. The number of unbranched alkanes of at least 4 members (excludes halogenated alkanes) is 41. The van der Waals surface area contributed by atoms with Crippen molar-refractivity contribution in [3.8, 4) is 0 Å². The number of aliphatic hydroxyl groups is 2. The highest BCUT2D eigenvalue weighted by Crippen LogP contribution is 2.17. The van der Waals surface area contributed by atoms with Crippen molar-refractivity contribution in [1.29, 1.82) is 0 Å². The normalized spacial score (nSPS) is 12.8. The molecule has 68 heavy (non-hydrogen) atoms. The molecule has 0 heterocycles. The predicted octanol–water partition coefficient (Wildman–Crippen LogP) is 18.8. The summed E-state index contributed by atoms with van der Waals surface area (Å²) in [5, 5.41) is 23.1. The first-order valence-corrected chi connectivity index (χ1v) is 30.3. The Labute approximate surface area is 424 Å². The van der Waals surface area contributed by atoms with Gasteiger partial charge in [-0.1, -0.05) is 281 Å². The molecule has 0 saturated carbocycles. The molecule has 0 aromatic heterocycles. The van der Waals surface area contributed by atoms with Crippen LogP contribution >= 0.6 is 0 Å². The van der Waals surface area contributed by atoms with Gasteiger partial charge in [0, 0.05) is 12.8 Å². The Hall–Kier alpha value is -1.92.